The fourth-order valence-electron chi connectivity index (χ4n) is 4.77. The Balaban J connectivity index is 1.38. The molecular weight excluding hydrogens is 558 g/mol. The molecular formula is C31H39N3O7S. The number of nitrogens with zero attached hydrogens (tertiary/aromatic N) is 1. The largest absolute Gasteiger partial charge is 0.492 e. The van der Waals surface area contributed by atoms with Crippen LogP contribution in [0, 0.1) is 0 Å². The molecule has 11 heteroatoms. The van der Waals surface area contributed by atoms with Crippen LogP contribution in [0.1, 0.15) is 60.6 Å². The molecule has 3 aromatic rings. The minimum absolute atomic E-state index is 0.0402. The Morgan fingerprint density at radius 3 is 2.52 bits per heavy atom. The first kappa shape index (κ1) is 31.4. The number of hydrogen-bond acceptors (Lipinski definition) is 9. The number of ether oxygens (including phenoxy) is 2. The molecule has 0 saturated heterocycles. The van der Waals surface area contributed by atoms with Crippen molar-refractivity contribution >= 4 is 15.9 Å². The van der Waals surface area contributed by atoms with Crippen LogP contribution >= 0.6 is 0 Å². The second-order valence-electron chi connectivity index (χ2n) is 10.3. The lowest BCUT2D eigenvalue weighted by Gasteiger charge is -2.24. The SMILES string of the molecule is O=C(NS(=O)(=O)CCCO)c1ccc(-c2ccc(OCCNC[C@H](O)c3cccnc3)cc2)cc1OC1CCCCC1. The number of aromatic nitrogens is 1. The zero-order chi connectivity index (χ0) is 29.8. The molecule has 1 saturated carbocycles. The lowest BCUT2D eigenvalue weighted by atomic mass is 9.97. The maximum Gasteiger partial charge on any atom is 0.268 e. The van der Waals surface area contributed by atoms with Gasteiger partial charge in [0.1, 0.15) is 18.1 Å². The number of benzene rings is 2. The smallest absolute Gasteiger partial charge is 0.268 e. The van der Waals surface area contributed by atoms with Crippen LogP contribution in [0.5, 0.6) is 11.5 Å². The second kappa shape index (κ2) is 15.6. The van der Waals surface area contributed by atoms with Crippen molar-refractivity contribution in [2.24, 2.45) is 0 Å². The molecule has 1 aliphatic rings. The van der Waals surface area contributed by atoms with E-state index in [2.05, 4.69) is 15.0 Å². The van der Waals surface area contributed by atoms with Crippen LogP contribution < -0.4 is 19.5 Å². The van der Waals surface area contributed by atoms with Crippen LogP contribution in [-0.2, 0) is 10.0 Å². The summed E-state index contributed by atoms with van der Waals surface area (Å²) in [5, 5.41) is 22.3. The maximum absolute atomic E-state index is 13.0. The van der Waals surface area contributed by atoms with Gasteiger partial charge in [-0.1, -0.05) is 30.7 Å². The Labute approximate surface area is 247 Å². The highest BCUT2D eigenvalue weighted by Gasteiger charge is 2.23. The van der Waals surface area contributed by atoms with E-state index in [0.29, 0.717) is 31.2 Å². The first-order valence-corrected chi connectivity index (χ1v) is 16.0. The fraction of sp³-hybridized carbons (Fsp3) is 0.419. The fourth-order valence-corrected chi connectivity index (χ4v) is 5.77. The Hall–Kier alpha value is -3.51. The van der Waals surface area contributed by atoms with Gasteiger partial charge in [0, 0.05) is 37.7 Å². The normalized spacial score (nSPS) is 14.7. The summed E-state index contributed by atoms with van der Waals surface area (Å²) in [5.41, 5.74) is 2.61. The van der Waals surface area contributed by atoms with Gasteiger partial charge in [-0.2, -0.15) is 0 Å². The third-order valence-corrected chi connectivity index (χ3v) is 8.36. The molecule has 226 valence electrons. The highest BCUT2D eigenvalue weighted by Crippen LogP contribution is 2.32. The highest BCUT2D eigenvalue weighted by atomic mass is 32.2. The number of amides is 1. The van der Waals surface area contributed by atoms with E-state index in [-0.39, 0.29) is 30.4 Å². The average molecular weight is 598 g/mol. The Kier molecular flexibility index (Phi) is 11.7. The van der Waals surface area contributed by atoms with Gasteiger partial charge < -0.3 is 25.0 Å². The number of carbonyl (C=O) groups excluding carboxylic acids is 1. The van der Waals surface area contributed by atoms with Crippen molar-refractivity contribution in [3.63, 3.8) is 0 Å². The third-order valence-electron chi connectivity index (χ3n) is 7.03. The molecule has 10 nitrogen and oxygen atoms in total. The van der Waals surface area contributed by atoms with Gasteiger partial charge in [-0.05, 0) is 73.6 Å². The number of aliphatic hydroxyl groups excluding tert-OH is 2. The second-order valence-corrected chi connectivity index (χ2v) is 12.1. The molecule has 1 heterocycles. The van der Waals surface area contributed by atoms with Gasteiger partial charge in [0.05, 0.1) is 23.5 Å². The average Bonchev–Trinajstić information content (AvgIpc) is 3.01. The maximum atomic E-state index is 13.0. The number of pyridine rings is 1. The summed E-state index contributed by atoms with van der Waals surface area (Å²) >= 11 is 0. The number of carbonyl (C=O) groups is 1. The number of hydrogen-bond donors (Lipinski definition) is 4. The molecule has 0 radical (unpaired) electrons. The Morgan fingerprint density at radius 1 is 1.05 bits per heavy atom. The van der Waals surface area contributed by atoms with Crippen LogP contribution in [0.3, 0.4) is 0 Å². The first-order valence-electron chi connectivity index (χ1n) is 14.3. The summed E-state index contributed by atoms with van der Waals surface area (Å²) in [6.45, 7) is 1.09. The molecule has 0 bridgehead atoms. The van der Waals surface area contributed by atoms with E-state index in [9.17, 15) is 18.3 Å². The van der Waals surface area contributed by atoms with Crippen LogP contribution in [0.15, 0.2) is 67.0 Å². The van der Waals surface area contributed by atoms with Gasteiger partial charge in [0.15, 0.2) is 0 Å². The molecule has 1 aliphatic carbocycles. The monoisotopic (exact) mass is 597 g/mol. The molecule has 2 aromatic carbocycles. The van der Waals surface area contributed by atoms with Gasteiger partial charge in [0.25, 0.3) is 5.91 Å². The van der Waals surface area contributed by atoms with Crippen molar-refractivity contribution < 1.29 is 32.9 Å². The number of nitrogens with one attached hydrogen (secondary N) is 2. The zero-order valence-corrected chi connectivity index (χ0v) is 24.4. The summed E-state index contributed by atoms with van der Waals surface area (Å²) < 4.78 is 38.8. The van der Waals surface area contributed by atoms with Crippen LogP contribution in [0.4, 0.5) is 0 Å². The van der Waals surface area contributed by atoms with Crippen LogP contribution in [0.25, 0.3) is 11.1 Å². The van der Waals surface area contributed by atoms with Crippen molar-refractivity contribution in [3.05, 3.63) is 78.1 Å². The van der Waals surface area contributed by atoms with Gasteiger partial charge in [-0.15, -0.1) is 0 Å². The van der Waals surface area contributed by atoms with E-state index >= 15 is 0 Å². The van der Waals surface area contributed by atoms with Gasteiger partial charge in [0.2, 0.25) is 10.0 Å². The minimum atomic E-state index is -3.89. The van der Waals surface area contributed by atoms with Crippen molar-refractivity contribution in [3.8, 4) is 22.6 Å². The quantitative estimate of drug-likeness (QED) is 0.193. The molecule has 1 aromatic heterocycles. The van der Waals surface area contributed by atoms with Crippen LogP contribution in [-0.4, -0.2) is 67.7 Å². The summed E-state index contributed by atoms with van der Waals surface area (Å²) in [6, 6.07) is 16.3. The van der Waals surface area contributed by atoms with E-state index in [1.807, 2.05) is 30.3 Å². The summed E-state index contributed by atoms with van der Waals surface area (Å²) in [7, 11) is -3.89. The summed E-state index contributed by atoms with van der Waals surface area (Å²) in [4.78, 5) is 17.0. The Bertz CT molecular complexity index is 1380. The predicted molar refractivity (Wildman–Crippen MR) is 160 cm³/mol. The molecule has 42 heavy (non-hydrogen) atoms. The number of rotatable bonds is 15. The van der Waals surface area contributed by atoms with Crippen molar-refractivity contribution in [2.45, 2.75) is 50.7 Å². The molecule has 0 spiro atoms. The topological polar surface area (TPSA) is 147 Å². The van der Waals surface area contributed by atoms with Crippen LogP contribution in [0.2, 0.25) is 0 Å². The standard InChI is InChI=1S/C31H39N3O7S/c35-17-5-19-42(38,39)34-31(37)28-14-11-24(20-30(28)41-27-7-2-1-3-8-27)23-9-12-26(13-10-23)40-18-16-33-22-29(36)25-6-4-15-32-21-25/h4,6,9-15,20-21,27,29,33,35-36H,1-3,5,7-8,16-19,22H2,(H,34,37)/t29-/m0/s1. The van der Waals surface area contributed by atoms with Crippen molar-refractivity contribution in [1.82, 2.24) is 15.0 Å². The van der Waals surface area contributed by atoms with Gasteiger partial charge in [-0.3, -0.25) is 9.78 Å². The van der Waals surface area contributed by atoms with Crippen molar-refractivity contribution in [2.75, 3.05) is 32.1 Å². The van der Waals surface area contributed by atoms with E-state index in [0.717, 1.165) is 48.8 Å². The van der Waals surface area contributed by atoms with Gasteiger partial charge in [-0.25, -0.2) is 13.1 Å². The minimum Gasteiger partial charge on any atom is -0.492 e. The molecule has 1 atom stereocenters. The van der Waals surface area contributed by atoms with E-state index in [1.54, 1.807) is 36.7 Å². The zero-order valence-electron chi connectivity index (χ0n) is 23.6. The summed E-state index contributed by atoms with van der Waals surface area (Å²) in [6.07, 6.45) is 7.66. The molecule has 4 rings (SSSR count). The van der Waals surface area contributed by atoms with E-state index in [1.165, 1.54) is 0 Å². The molecule has 0 aliphatic heterocycles. The van der Waals surface area contributed by atoms with Crippen molar-refractivity contribution in [1.29, 1.82) is 0 Å². The van der Waals surface area contributed by atoms with E-state index < -0.39 is 22.0 Å². The number of sulfonamides is 1. The Morgan fingerprint density at radius 2 is 1.81 bits per heavy atom. The lowest BCUT2D eigenvalue weighted by Crippen LogP contribution is -2.33. The van der Waals surface area contributed by atoms with E-state index in [4.69, 9.17) is 14.6 Å². The summed E-state index contributed by atoms with van der Waals surface area (Å²) in [5.74, 6) is -0.0647. The lowest BCUT2D eigenvalue weighted by molar-refractivity contribution is 0.0969. The molecule has 1 amide bonds. The first-order chi connectivity index (χ1) is 20.3. The predicted octanol–water partition coefficient (Wildman–Crippen LogP) is 3.60. The number of aliphatic hydroxyl groups is 2. The molecule has 1 fully saturated rings. The van der Waals surface area contributed by atoms with Gasteiger partial charge >= 0.3 is 0 Å². The molecule has 4 N–H and O–H groups in total. The molecule has 0 unspecified atom stereocenters. The highest BCUT2D eigenvalue weighted by molar-refractivity contribution is 7.90. The third kappa shape index (κ3) is 9.52.